The van der Waals surface area contributed by atoms with E-state index in [0.717, 1.165) is 5.56 Å². The molecular formula is C14H14ClN3O2. The molecule has 0 aliphatic carbocycles. The third kappa shape index (κ3) is 3.19. The molecule has 2 aromatic rings. The van der Waals surface area contributed by atoms with E-state index in [9.17, 15) is 4.79 Å². The summed E-state index contributed by atoms with van der Waals surface area (Å²) < 4.78 is 5.08. The fourth-order valence-electron chi connectivity index (χ4n) is 1.71. The number of ether oxygens (including phenoxy) is 1. The van der Waals surface area contributed by atoms with Gasteiger partial charge in [-0.05, 0) is 30.7 Å². The van der Waals surface area contributed by atoms with Gasteiger partial charge in [0, 0.05) is 23.5 Å². The van der Waals surface area contributed by atoms with Crippen molar-refractivity contribution in [3.8, 4) is 5.75 Å². The highest BCUT2D eigenvalue weighted by Crippen LogP contribution is 2.23. The summed E-state index contributed by atoms with van der Waals surface area (Å²) in [5.74, 6) is 0.188. The highest BCUT2D eigenvalue weighted by molar-refractivity contribution is 6.32. The molecule has 0 saturated heterocycles. The van der Waals surface area contributed by atoms with Gasteiger partial charge in [-0.1, -0.05) is 11.6 Å². The zero-order valence-electron chi connectivity index (χ0n) is 11.1. The molecule has 0 radical (unpaired) electrons. The van der Waals surface area contributed by atoms with Crippen molar-refractivity contribution in [3.63, 3.8) is 0 Å². The monoisotopic (exact) mass is 291 g/mol. The minimum atomic E-state index is -0.329. The normalized spacial score (nSPS) is 10.2. The molecule has 0 unspecified atom stereocenters. The van der Waals surface area contributed by atoms with Gasteiger partial charge in [-0.3, -0.25) is 4.79 Å². The van der Waals surface area contributed by atoms with Crippen molar-refractivity contribution >= 4 is 28.9 Å². The molecule has 0 spiro atoms. The number of carbonyl (C=O) groups excluding carboxylic acids is 1. The zero-order valence-corrected chi connectivity index (χ0v) is 11.9. The predicted molar refractivity (Wildman–Crippen MR) is 79.3 cm³/mol. The Hall–Kier alpha value is -2.27. The van der Waals surface area contributed by atoms with Crippen molar-refractivity contribution in [1.82, 2.24) is 4.98 Å². The number of nitrogen functional groups attached to an aromatic ring is 1. The van der Waals surface area contributed by atoms with Crippen LogP contribution >= 0.6 is 11.6 Å². The van der Waals surface area contributed by atoms with Crippen molar-refractivity contribution in [2.45, 2.75) is 6.92 Å². The minimum Gasteiger partial charge on any atom is -0.497 e. The number of halogens is 1. The molecule has 1 aromatic carbocycles. The van der Waals surface area contributed by atoms with Crippen LogP contribution in [0.3, 0.4) is 0 Å². The number of aromatic nitrogens is 1. The number of carbonyl (C=O) groups is 1. The van der Waals surface area contributed by atoms with Crippen LogP contribution in [0.1, 0.15) is 15.9 Å². The molecule has 0 atom stereocenters. The summed E-state index contributed by atoms with van der Waals surface area (Å²) in [6.45, 7) is 1.86. The summed E-state index contributed by atoms with van der Waals surface area (Å²) >= 11 is 5.94. The number of hydrogen-bond donors (Lipinski definition) is 2. The highest BCUT2D eigenvalue weighted by atomic mass is 35.5. The number of hydrogen-bond acceptors (Lipinski definition) is 4. The van der Waals surface area contributed by atoms with Gasteiger partial charge in [-0.25, -0.2) is 4.98 Å². The maximum absolute atomic E-state index is 12.2. The van der Waals surface area contributed by atoms with Crippen LogP contribution in [0.4, 0.5) is 11.4 Å². The summed E-state index contributed by atoms with van der Waals surface area (Å²) in [6, 6.07) is 6.55. The standard InChI is InChI=1S/C14H14ClN3O2/c1-8-3-12(13(15)17-7-8)18-14(19)9-4-10(16)6-11(5-9)20-2/h3-7H,16H2,1-2H3,(H,18,19). The maximum atomic E-state index is 12.2. The van der Waals surface area contributed by atoms with Crippen molar-refractivity contribution in [2.24, 2.45) is 0 Å². The summed E-state index contributed by atoms with van der Waals surface area (Å²) in [5, 5.41) is 2.94. The summed E-state index contributed by atoms with van der Waals surface area (Å²) in [5.41, 5.74) is 7.91. The molecule has 1 amide bonds. The second-order valence-corrected chi connectivity index (χ2v) is 4.66. The van der Waals surface area contributed by atoms with Crippen LogP contribution in [-0.4, -0.2) is 18.0 Å². The molecule has 20 heavy (non-hydrogen) atoms. The van der Waals surface area contributed by atoms with Gasteiger partial charge in [0.1, 0.15) is 5.75 Å². The summed E-state index contributed by atoms with van der Waals surface area (Å²) in [6.07, 6.45) is 1.63. The van der Waals surface area contributed by atoms with E-state index in [-0.39, 0.29) is 11.1 Å². The van der Waals surface area contributed by atoms with Gasteiger partial charge in [0.2, 0.25) is 0 Å². The largest absolute Gasteiger partial charge is 0.497 e. The molecule has 0 fully saturated rings. The van der Waals surface area contributed by atoms with Crippen molar-refractivity contribution < 1.29 is 9.53 Å². The average molecular weight is 292 g/mol. The van der Waals surface area contributed by atoms with Crippen molar-refractivity contribution in [1.29, 1.82) is 0 Å². The number of benzene rings is 1. The molecule has 2 rings (SSSR count). The predicted octanol–water partition coefficient (Wildman–Crippen LogP) is 2.89. The number of methoxy groups -OCH3 is 1. The Kier molecular flexibility index (Phi) is 4.10. The van der Waals surface area contributed by atoms with Crippen LogP contribution < -0.4 is 15.8 Å². The van der Waals surface area contributed by atoms with E-state index in [1.165, 1.54) is 7.11 Å². The van der Waals surface area contributed by atoms with E-state index in [1.54, 1.807) is 30.5 Å². The zero-order chi connectivity index (χ0) is 14.7. The Morgan fingerprint density at radius 3 is 2.80 bits per heavy atom. The highest BCUT2D eigenvalue weighted by Gasteiger charge is 2.11. The number of nitrogens with zero attached hydrogens (tertiary/aromatic N) is 1. The number of aryl methyl sites for hydroxylation is 1. The summed E-state index contributed by atoms with van der Waals surface area (Å²) in [7, 11) is 1.51. The fraction of sp³-hybridized carbons (Fsp3) is 0.143. The first-order valence-electron chi connectivity index (χ1n) is 5.87. The van der Waals surface area contributed by atoms with Gasteiger partial charge < -0.3 is 15.8 Å². The topological polar surface area (TPSA) is 77.2 Å². The second kappa shape index (κ2) is 5.79. The first kappa shape index (κ1) is 14.1. The Bertz CT molecular complexity index is 659. The number of anilines is 2. The smallest absolute Gasteiger partial charge is 0.255 e. The lowest BCUT2D eigenvalue weighted by Gasteiger charge is -2.09. The Morgan fingerprint density at radius 1 is 1.35 bits per heavy atom. The van der Waals surface area contributed by atoms with Crippen LogP contribution in [-0.2, 0) is 0 Å². The quantitative estimate of drug-likeness (QED) is 0.673. The van der Waals surface area contributed by atoms with E-state index in [1.807, 2.05) is 6.92 Å². The van der Waals surface area contributed by atoms with E-state index < -0.39 is 0 Å². The van der Waals surface area contributed by atoms with Gasteiger partial charge in [0.25, 0.3) is 5.91 Å². The second-order valence-electron chi connectivity index (χ2n) is 4.30. The molecule has 1 aromatic heterocycles. The van der Waals surface area contributed by atoms with E-state index >= 15 is 0 Å². The van der Waals surface area contributed by atoms with Crippen LogP contribution in [0.5, 0.6) is 5.75 Å². The van der Waals surface area contributed by atoms with E-state index in [2.05, 4.69) is 10.3 Å². The lowest BCUT2D eigenvalue weighted by molar-refractivity contribution is 0.102. The molecule has 0 aliphatic heterocycles. The third-order valence-electron chi connectivity index (χ3n) is 2.65. The SMILES string of the molecule is COc1cc(N)cc(C(=O)Nc2cc(C)cnc2Cl)c1. The average Bonchev–Trinajstić information content (AvgIpc) is 2.42. The van der Waals surface area contributed by atoms with Gasteiger partial charge in [-0.2, -0.15) is 0 Å². The van der Waals surface area contributed by atoms with Gasteiger partial charge in [0.05, 0.1) is 12.8 Å². The van der Waals surface area contributed by atoms with Gasteiger partial charge in [0.15, 0.2) is 5.15 Å². The molecule has 1 heterocycles. The molecule has 0 saturated carbocycles. The Balaban J connectivity index is 2.28. The summed E-state index contributed by atoms with van der Waals surface area (Å²) in [4.78, 5) is 16.2. The van der Waals surface area contributed by atoms with Crippen molar-refractivity contribution in [2.75, 3.05) is 18.2 Å². The molecule has 0 bridgehead atoms. The number of rotatable bonds is 3. The Morgan fingerprint density at radius 2 is 2.10 bits per heavy atom. The fourth-order valence-corrected chi connectivity index (χ4v) is 1.86. The molecule has 3 N–H and O–H groups in total. The molecule has 0 aliphatic rings. The molecule has 104 valence electrons. The van der Waals surface area contributed by atoms with E-state index in [4.69, 9.17) is 22.1 Å². The lowest BCUT2D eigenvalue weighted by Crippen LogP contribution is -2.13. The first-order valence-corrected chi connectivity index (χ1v) is 6.25. The van der Waals surface area contributed by atoms with Crippen molar-refractivity contribution in [3.05, 3.63) is 46.7 Å². The van der Waals surface area contributed by atoms with Gasteiger partial charge >= 0.3 is 0 Å². The van der Waals surface area contributed by atoms with Crippen LogP contribution in [0.15, 0.2) is 30.5 Å². The number of amides is 1. The molecule has 5 nitrogen and oxygen atoms in total. The molecular weight excluding hydrogens is 278 g/mol. The molecule has 6 heteroatoms. The van der Waals surface area contributed by atoms with Crippen LogP contribution in [0.2, 0.25) is 5.15 Å². The van der Waals surface area contributed by atoms with Gasteiger partial charge in [-0.15, -0.1) is 0 Å². The van der Waals surface area contributed by atoms with Crippen LogP contribution in [0.25, 0.3) is 0 Å². The number of pyridine rings is 1. The first-order chi connectivity index (χ1) is 9.49. The maximum Gasteiger partial charge on any atom is 0.255 e. The number of nitrogens with one attached hydrogen (secondary N) is 1. The Labute approximate surface area is 121 Å². The van der Waals surface area contributed by atoms with Crippen LogP contribution in [0, 0.1) is 6.92 Å². The third-order valence-corrected chi connectivity index (χ3v) is 2.95. The van der Waals surface area contributed by atoms with E-state index in [0.29, 0.717) is 22.7 Å². The number of nitrogens with two attached hydrogens (primary N) is 1. The lowest BCUT2D eigenvalue weighted by atomic mass is 10.1. The minimum absolute atomic E-state index is 0.236.